The van der Waals surface area contributed by atoms with Crippen LogP contribution in [0.3, 0.4) is 0 Å². The van der Waals surface area contributed by atoms with E-state index in [2.05, 4.69) is 57.2 Å². The van der Waals surface area contributed by atoms with Crippen molar-refractivity contribution in [3.05, 3.63) is 102 Å². The summed E-state index contributed by atoms with van der Waals surface area (Å²) in [6.07, 6.45) is 7.45. The van der Waals surface area contributed by atoms with E-state index in [-0.39, 0.29) is 17.2 Å². The van der Waals surface area contributed by atoms with Gasteiger partial charge in [-0.3, -0.25) is 10.8 Å². The molecule has 35 heavy (non-hydrogen) atoms. The van der Waals surface area contributed by atoms with Gasteiger partial charge >= 0.3 is 0 Å². The first-order valence-corrected chi connectivity index (χ1v) is 13.2. The highest BCUT2D eigenvalue weighted by molar-refractivity contribution is 8.00. The number of hydrogen-bond acceptors (Lipinski definition) is 4. The van der Waals surface area contributed by atoms with Gasteiger partial charge in [-0.05, 0) is 83.2 Å². The van der Waals surface area contributed by atoms with E-state index < -0.39 is 0 Å². The van der Waals surface area contributed by atoms with Gasteiger partial charge in [0.15, 0.2) is 0 Å². The molecule has 2 bridgehead atoms. The van der Waals surface area contributed by atoms with Crippen molar-refractivity contribution in [1.29, 1.82) is 10.8 Å². The molecule has 1 unspecified atom stereocenters. The SMILES string of the molecule is CC(C)(C)c1ccc(C(=N)OC(=N)c2ccc(-c3ccc(SC4C[C@H]5C=C[C@@H]4C5)cc3)cc2)cc1. The molecule has 3 aromatic rings. The topological polar surface area (TPSA) is 56.9 Å². The molecule has 3 atom stereocenters. The lowest BCUT2D eigenvalue weighted by Crippen LogP contribution is -2.14. The summed E-state index contributed by atoms with van der Waals surface area (Å²) in [5.41, 5.74) is 4.85. The maximum Gasteiger partial charge on any atom is 0.221 e. The van der Waals surface area contributed by atoms with Crippen LogP contribution in [0.1, 0.15) is 50.3 Å². The van der Waals surface area contributed by atoms with Gasteiger partial charge in [-0.25, -0.2) is 0 Å². The number of nitrogens with one attached hydrogen (secondary N) is 2. The molecular formula is C31H32N2OS. The quantitative estimate of drug-likeness (QED) is 0.220. The van der Waals surface area contributed by atoms with Crippen LogP contribution in [-0.2, 0) is 10.2 Å². The van der Waals surface area contributed by atoms with Crippen molar-refractivity contribution in [3.63, 3.8) is 0 Å². The Hall–Kier alpha value is -3.11. The molecule has 0 spiro atoms. The highest BCUT2D eigenvalue weighted by Crippen LogP contribution is 2.47. The number of fused-ring (bicyclic) bond motifs is 2. The molecule has 0 radical (unpaired) electrons. The zero-order valence-electron chi connectivity index (χ0n) is 20.5. The Bertz CT molecular complexity index is 1250. The van der Waals surface area contributed by atoms with Crippen LogP contribution in [0.4, 0.5) is 0 Å². The summed E-state index contributed by atoms with van der Waals surface area (Å²) in [5.74, 6) is 1.52. The molecular weight excluding hydrogens is 448 g/mol. The predicted octanol–water partition coefficient (Wildman–Crippen LogP) is 8.08. The largest absolute Gasteiger partial charge is 0.421 e. The Kier molecular flexibility index (Phi) is 6.41. The van der Waals surface area contributed by atoms with Crippen LogP contribution in [0.15, 0.2) is 89.8 Å². The summed E-state index contributed by atoms with van der Waals surface area (Å²) in [6.45, 7) is 6.48. The highest BCUT2D eigenvalue weighted by atomic mass is 32.2. The lowest BCUT2D eigenvalue weighted by atomic mass is 9.87. The molecule has 3 aromatic carbocycles. The molecule has 0 aliphatic heterocycles. The van der Waals surface area contributed by atoms with Crippen LogP contribution in [-0.4, -0.2) is 17.0 Å². The molecule has 1 fully saturated rings. The molecule has 4 heteroatoms. The summed E-state index contributed by atoms with van der Waals surface area (Å²) >= 11 is 2.01. The van der Waals surface area contributed by atoms with Crippen molar-refractivity contribution in [2.75, 3.05) is 0 Å². The summed E-state index contributed by atoms with van der Waals surface area (Å²) in [5, 5.41) is 17.3. The van der Waals surface area contributed by atoms with Crippen LogP contribution in [0, 0.1) is 22.7 Å². The standard InChI is InChI=1S/C31H32N2OS/c1-31(2,3)26-14-10-24(11-15-26)30(33)34-29(32)23-8-6-21(7-9-23)22-12-16-27(17-13-22)35-28-19-20-4-5-25(28)18-20/h4-17,20,25,28,32-33H,18-19H2,1-3H3/t20-,25+,28?/m0/s1. The lowest BCUT2D eigenvalue weighted by molar-refractivity contribution is 0.538. The number of ether oxygens (including phenoxy) is 1. The van der Waals surface area contributed by atoms with Crippen LogP contribution < -0.4 is 0 Å². The van der Waals surface area contributed by atoms with E-state index in [1.54, 1.807) is 0 Å². The van der Waals surface area contributed by atoms with Gasteiger partial charge in [0.25, 0.3) is 0 Å². The fourth-order valence-corrected chi connectivity index (χ4v) is 6.28. The average Bonchev–Trinajstić information content (AvgIpc) is 3.48. The molecule has 5 rings (SSSR count). The second-order valence-electron chi connectivity index (χ2n) is 10.6. The fourth-order valence-electron chi connectivity index (χ4n) is 4.92. The lowest BCUT2D eigenvalue weighted by Gasteiger charge is -2.19. The number of benzene rings is 3. The van der Waals surface area contributed by atoms with E-state index in [1.807, 2.05) is 60.3 Å². The minimum atomic E-state index is -0.0203. The van der Waals surface area contributed by atoms with Crippen molar-refractivity contribution in [2.24, 2.45) is 11.8 Å². The smallest absolute Gasteiger partial charge is 0.221 e. The maximum atomic E-state index is 8.33. The second kappa shape index (κ2) is 9.50. The zero-order chi connectivity index (χ0) is 24.6. The monoisotopic (exact) mass is 480 g/mol. The molecule has 3 nitrogen and oxygen atoms in total. The van der Waals surface area contributed by atoms with Gasteiger partial charge in [0.2, 0.25) is 11.8 Å². The van der Waals surface area contributed by atoms with E-state index in [9.17, 15) is 0 Å². The summed E-state index contributed by atoms with van der Waals surface area (Å²) in [6, 6.07) is 24.4. The molecule has 0 aromatic heterocycles. The first-order chi connectivity index (χ1) is 16.8. The van der Waals surface area contributed by atoms with Crippen molar-refractivity contribution < 1.29 is 4.74 Å². The molecule has 1 saturated carbocycles. The van der Waals surface area contributed by atoms with Gasteiger partial charge < -0.3 is 4.74 Å². The molecule has 2 aliphatic carbocycles. The van der Waals surface area contributed by atoms with Crippen molar-refractivity contribution in [3.8, 4) is 11.1 Å². The van der Waals surface area contributed by atoms with Crippen molar-refractivity contribution >= 4 is 23.6 Å². The van der Waals surface area contributed by atoms with E-state index in [4.69, 9.17) is 15.6 Å². The Labute approximate surface area is 212 Å². The minimum absolute atomic E-state index is 0.0152. The minimum Gasteiger partial charge on any atom is -0.421 e. The van der Waals surface area contributed by atoms with Crippen LogP contribution in [0.2, 0.25) is 0 Å². The maximum absolute atomic E-state index is 8.33. The third-order valence-electron chi connectivity index (χ3n) is 7.06. The molecule has 0 amide bonds. The van der Waals surface area contributed by atoms with Crippen LogP contribution in [0.25, 0.3) is 11.1 Å². The Balaban J connectivity index is 1.19. The molecule has 2 aliphatic rings. The molecule has 0 saturated heterocycles. The number of hydrogen-bond donors (Lipinski definition) is 2. The normalized spacial score (nSPS) is 20.7. The second-order valence-corrected chi connectivity index (χ2v) is 11.9. The highest BCUT2D eigenvalue weighted by Gasteiger charge is 2.36. The Morgan fingerprint density at radius 3 is 1.77 bits per heavy atom. The van der Waals surface area contributed by atoms with Crippen molar-refractivity contribution in [2.45, 2.75) is 49.2 Å². The third-order valence-corrected chi connectivity index (χ3v) is 8.45. The van der Waals surface area contributed by atoms with Crippen molar-refractivity contribution in [1.82, 2.24) is 0 Å². The Morgan fingerprint density at radius 2 is 1.29 bits per heavy atom. The summed E-state index contributed by atoms with van der Waals surface area (Å²) < 4.78 is 5.55. The van der Waals surface area contributed by atoms with Gasteiger partial charge in [-0.2, -0.15) is 0 Å². The summed E-state index contributed by atoms with van der Waals surface area (Å²) in [4.78, 5) is 1.33. The van der Waals surface area contributed by atoms with Gasteiger partial charge in [0.1, 0.15) is 0 Å². The van der Waals surface area contributed by atoms with Gasteiger partial charge in [-0.1, -0.05) is 69.3 Å². The molecule has 2 N–H and O–H groups in total. The van der Waals surface area contributed by atoms with Gasteiger partial charge in [-0.15, -0.1) is 11.8 Å². The predicted molar refractivity (Wildman–Crippen MR) is 147 cm³/mol. The number of rotatable bonds is 5. The Morgan fingerprint density at radius 1 is 0.743 bits per heavy atom. The fraction of sp³-hybridized carbons (Fsp3) is 0.290. The third kappa shape index (κ3) is 5.28. The van der Waals surface area contributed by atoms with Crippen LogP contribution >= 0.6 is 11.8 Å². The number of allylic oxidation sites excluding steroid dienone is 2. The zero-order valence-corrected chi connectivity index (χ0v) is 21.4. The van der Waals surface area contributed by atoms with E-state index in [0.29, 0.717) is 11.1 Å². The first-order valence-electron chi connectivity index (χ1n) is 12.3. The summed E-state index contributed by atoms with van der Waals surface area (Å²) in [7, 11) is 0. The average molecular weight is 481 g/mol. The molecule has 178 valence electrons. The van der Waals surface area contributed by atoms with Gasteiger partial charge in [0, 0.05) is 21.3 Å². The van der Waals surface area contributed by atoms with Gasteiger partial charge in [0.05, 0.1) is 0 Å². The number of thioether (sulfide) groups is 1. The van der Waals surface area contributed by atoms with Crippen LogP contribution in [0.5, 0.6) is 0 Å². The first kappa shape index (κ1) is 23.6. The van der Waals surface area contributed by atoms with E-state index in [0.717, 1.165) is 28.2 Å². The molecule has 0 heterocycles. The van der Waals surface area contributed by atoms with E-state index >= 15 is 0 Å². The van der Waals surface area contributed by atoms with E-state index in [1.165, 1.54) is 23.3 Å².